The van der Waals surface area contributed by atoms with Crippen LogP contribution in [0.1, 0.15) is 24.8 Å². The monoisotopic (exact) mass is 267 g/mol. The Bertz CT molecular complexity index is 360. The lowest BCUT2D eigenvalue weighted by Crippen LogP contribution is -2.22. The average Bonchev–Trinajstić information content (AvgIpc) is 2.65. The van der Waals surface area contributed by atoms with Gasteiger partial charge in [0.25, 0.3) is 0 Å². The lowest BCUT2D eigenvalue weighted by molar-refractivity contribution is -0.122. The highest BCUT2D eigenvalue weighted by Gasteiger charge is 2.29. The highest BCUT2D eigenvalue weighted by atomic mass is 79.9. The fourth-order valence-corrected chi connectivity index (χ4v) is 2.35. The predicted molar refractivity (Wildman–Crippen MR) is 63.7 cm³/mol. The van der Waals surface area contributed by atoms with E-state index >= 15 is 0 Å². The normalized spacial score (nSPS) is 22.5. The Morgan fingerprint density at radius 2 is 2.07 bits per heavy atom. The van der Waals surface area contributed by atoms with Crippen molar-refractivity contribution in [3.8, 4) is 0 Å². The van der Waals surface area contributed by atoms with Crippen molar-refractivity contribution in [3.05, 3.63) is 34.3 Å². The van der Waals surface area contributed by atoms with Gasteiger partial charge in [-0.05, 0) is 30.0 Å². The fraction of sp³-hybridized carbons (Fsp3) is 0.417. The summed E-state index contributed by atoms with van der Waals surface area (Å²) in [5, 5.41) is 2.88. The van der Waals surface area contributed by atoms with Crippen LogP contribution in [0.25, 0.3) is 0 Å². The lowest BCUT2D eigenvalue weighted by Gasteiger charge is -2.17. The number of benzene rings is 1. The van der Waals surface area contributed by atoms with E-state index in [-0.39, 0.29) is 11.8 Å². The van der Waals surface area contributed by atoms with Crippen LogP contribution in [0.4, 0.5) is 0 Å². The Balaban J connectivity index is 2.16. The summed E-state index contributed by atoms with van der Waals surface area (Å²) in [4.78, 5) is 11.5. The summed E-state index contributed by atoms with van der Waals surface area (Å²) in [6, 6.07) is 8.22. The van der Waals surface area contributed by atoms with Gasteiger partial charge < -0.3 is 5.32 Å². The van der Waals surface area contributed by atoms with Crippen LogP contribution < -0.4 is 5.32 Å². The number of halogens is 1. The Kier molecular flexibility index (Phi) is 3.10. The molecule has 2 nitrogen and oxygen atoms in total. The van der Waals surface area contributed by atoms with Crippen molar-refractivity contribution in [3.63, 3.8) is 0 Å². The van der Waals surface area contributed by atoms with Crippen molar-refractivity contribution >= 4 is 21.8 Å². The fourth-order valence-electron chi connectivity index (χ4n) is 2.09. The Hall–Kier alpha value is -0.830. The van der Waals surface area contributed by atoms with Gasteiger partial charge in [0, 0.05) is 16.9 Å². The number of carbonyl (C=O) groups excluding carboxylic acids is 1. The minimum Gasteiger partial charge on any atom is -0.356 e. The summed E-state index contributed by atoms with van der Waals surface area (Å²) in [6.07, 6.45) is 0.954. The molecule has 0 spiro atoms. The molecule has 1 amide bonds. The second kappa shape index (κ2) is 4.35. The number of rotatable bonds is 2. The third-order valence-electron chi connectivity index (χ3n) is 3.09. The molecule has 0 bridgehead atoms. The molecule has 2 unspecified atom stereocenters. The van der Waals surface area contributed by atoms with Gasteiger partial charge in [-0.15, -0.1) is 0 Å². The van der Waals surface area contributed by atoms with Gasteiger partial charge in [-0.1, -0.05) is 35.0 Å². The molecule has 2 rings (SSSR count). The van der Waals surface area contributed by atoms with Crippen molar-refractivity contribution in [1.29, 1.82) is 0 Å². The summed E-state index contributed by atoms with van der Waals surface area (Å²) in [5.41, 5.74) is 1.24. The van der Waals surface area contributed by atoms with E-state index in [9.17, 15) is 4.79 Å². The summed E-state index contributed by atoms with van der Waals surface area (Å²) in [5.74, 6) is 0.650. The molecule has 1 aromatic rings. The standard InChI is InChI=1S/C12H14BrNO/c1-8(11-6-7-14-12(11)15)9-2-4-10(13)5-3-9/h2-5,8,11H,6-7H2,1H3,(H,14,15). The Labute approximate surface area is 98.2 Å². The molecule has 80 valence electrons. The largest absolute Gasteiger partial charge is 0.356 e. The summed E-state index contributed by atoms with van der Waals surface area (Å²) >= 11 is 3.41. The maximum atomic E-state index is 11.5. The Morgan fingerprint density at radius 1 is 1.40 bits per heavy atom. The van der Waals surface area contributed by atoms with E-state index in [0.717, 1.165) is 17.4 Å². The van der Waals surface area contributed by atoms with E-state index in [1.165, 1.54) is 5.56 Å². The van der Waals surface area contributed by atoms with Crippen molar-refractivity contribution in [2.24, 2.45) is 5.92 Å². The first kappa shape index (κ1) is 10.7. The van der Waals surface area contributed by atoms with E-state index < -0.39 is 0 Å². The molecule has 0 aliphatic carbocycles. The molecular weight excluding hydrogens is 254 g/mol. The van der Waals surface area contributed by atoms with Crippen LogP contribution in [0.15, 0.2) is 28.7 Å². The van der Waals surface area contributed by atoms with Crippen LogP contribution in [0.3, 0.4) is 0 Å². The minimum absolute atomic E-state index is 0.145. The SMILES string of the molecule is CC(c1ccc(Br)cc1)C1CCNC1=O. The maximum Gasteiger partial charge on any atom is 0.223 e. The molecule has 2 atom stereocenters. The van der Waals surface area contributed by atoms with Crippen LogP contribution in [-0.4, -0.2) is 12.5 Å². The van der Waals surface area contributed by atoms with Crippen LogP contribution in [0, 0.1) is 5.92 Å². The van der Waals surface area contributed by atoms with E-state index in [1.807, 2.05) is 12.1 Å². The number of hydrogen-bond acceptors (Lipinski definition) is 1. The predicted octanol–water partition coefficient (Wildman–Crippen LogP) is 2.69. The lowest BCUT2D eigenvalue weighted by atomic mass is 9.87. The molecule has 1 saturated heterocycles. The molecule has 15 heavy (non-hydrogen) atoms. The molecule has 0 saturated carbocycles. The number of nitrogens with one attached hydrogen (secondary N) is 1. The van der Waals surface area contributed by atoms with E-state index in [1.54, 1.807) is 0 Å². The molecule has 1 aromatic carbocycles. The molecule has 1 fully saturated rings. The first-order valence-electron chi connectivity index (χ1n) is 5.21. The van der Waals surface area contributed by atoms with Gasteiger partial charge in [0.2, 0.25) is 5.91 Å². The van der Waals surface area contributed by atoms with Gasteiger partial charge in [-0.25, -0.2) is 0 Å². The van der Waals surface area contributed by atoms with Gasteiger partial charge in [0.15, 0.2) is 0 Å². The third-order valence-corrected chi connectivity index (χ3v) is 3.62. The summed E-state index contributed by atoms with van der Waals surface area (Å²) < 4.78 is 1.08. The molecule has 1 N–H and O–H groups in total. The molecule has 0 aromatic heterocycles. The highest BCUT2D eigenvalue weighted by Crippen LogP contribution is 2.29. The molecule has 0 radical (unpaired) electrons. The third kappa shape index (κ3) is 2.23. The minimum atomic E-state index is 0.145. The smallest absolute Gasteiger partial charge is 0.223 e. The molecule has 1 aliphatic heterocycles. The first-order chi connectivity index (χ1) is 7.18. The molecule has 1 aliphatic rings. The van der Waals surface area contributed by atoms with E-state index in [0.29, 0.717) is 5.92 Å². The van der Waals surface area contributed by atoms with Gasteiger partial charge in [-0.3, -0.25) is 4.79 Å². The van der Waals surface area contributed by atoms with E-state index in [4.69, 9.17) is 0 Å². The highest BCUT2D eigenvalue weighted by molar-refractivity contribution is 9.10. The zero-order valence-electron chi connectivity index (χ0n) is 8.66. The van der Waals surface area contributed by atoms with Crippen molar-refractivity contribution in [2.45, 2.75) is 19.3 Å². The zero-order valence-corrected chi connectivity index (χ0v) is 10.3. The van der Waals surface area contributed by atoms with Gasteiger partial charge >= 0.3 is 0 Å². The van der Waals surface area contributed by atoms with Crippen LogP contribution >= 0.6 is 15.9 Å². The van der Waals surface area contributed by atoms with Crippen molar-refractivity contribution in [2.75, 3.05) is 6.54 Å². The molecular formula is C12H14BrNO. The van der Waals surface area contributed by atoms with Gasteiger partial charge in [0.05, 0.1) is 0 Å². The average molecular weight is 268 g/mol. The van der Waals surface area contributed by atoms with Crippen molar-refractivity contribution in [1.82, 2.24) is 5.32 Å². The second-order valence-electron chi connectivity index (χ2n) is 4.03. The summed E-state index contributed by atoms with van der Waals surface area (Å²) in [6.45, 7) is 2.95. The quantitative estimate of drug-likeness (QED) is 0.877. The van der Waals surface area contributed by atoms with Crippen molar-refractivity contribution < 1.29 is 4.79 Å². The van der Waals surface area contributed by atoms with Gasteiger partial charge in [0.1, 0.15) is 0 Å². The number of carbonyl (C=O) groups is 1. The molecule has 3 heteroatoms. The molecule has 1 heterocycles. The maximum absolute atomic E-state index is 11.5. The van der Waals surface area contributed by atoms with Crippen LogP contribution in [0.5, 0.6) is 0 Å². The second-order valence-corrected chi connectivity index (χ2v) is 4.94. The number of amides is 1. The summed E-state index contributed by atoms with van der Waals surface area (Å²) in [7, 11) is 0. The number of hydrogen-bond donors (Lipinski definition) is 1. The van der Waals surface area contributed by atoms with Crippen LogP contribution in [0.2, 0.25) is 0 Å². The Morgan fingerprint density at radius 3 is 2.60 bits per heavy atom. The topological polar surface area (TPSA) is 29.1 Å². The zero-order chi connectivity index (χ0) is 10.8. The van der Waals surface area contributed by atoms with Crippen LogP contribution in [-0.2, 0) is 4.79 Å². The first-order valence-corrected chi connectivity index (χ1v) is 6.01. The van der Waals surface area contributed by atoms with E-state index in [2.05, 4.69) is 40.3 Å². The van der Waals surface area contributed by atoms with Gasteiger partial charge in [-0.2, -0.15) is 0 Å².